The lowest BCUT2D eigenvalue weighted by Crippen LogP contribution is -2.32. The van der Waals surface area contributed by atoms with E-state index in [2.05, 4.69) is 15.4 Å². The Morgan fingerprint density at radius 3 is 2.19 bits per heavy atom. The van der Waals surface area contributed by atoms with Crippen molar-refractivity contribution in [2.75, 3.05) is 22.6 Å². The highest BCUT2D eigenvalue weighted by Crippen LogP contribution is 2.33. The van der Waals surface area contributed by atoms with Crippen molar-refractivity contribution in [3.05, 3.63) is 98.6 Å². The van der Waals surface area contributed by atoms with Crippen LogP contribution in [0.3, 0.4) is 0 Å². The van der Waals surface area contributed by atoms with E-state index >= 15 is 0 Å². The summed E-state index contributed by atoms with van der Waals surface area (Å²) in [5.41, 5.74) is 1.55. The number of halogens is 3. The minimum Gasteiger partial charge on any atom is -0.465 e. The van der Waals surface area contributed by atoms with E-state index < -0.39 is 23.7 Å². The second kappa shape index (κ2) is 10.4. The Morgan fingerprint density at radius 1 is 0.806 bits per heavy atom. The molecule has 0 radical (unpaired) electrons. The highest BCUT2D eigenvalue weighted by Gasteiger charge is 2.39. The van der Waals surface area contributed by atoms with Crippen LogP contribution in [0, 0.1) is 0 Å². The lowest BCUT2D eigenvalue weighted by Gasteiger charge is -2.15. The van der Waals surface area contributed by atoms with Gasteiger partial charge in [0.05, 0.1) is 28.4 Å². The summed E-state index contributed by atoms with van der Waals surface area (Å²) in [6, 6.07) is 16.8. The lowest BCUT2D eigenvalue weighted by atomic mass is 10.1. The summed E-state index contributed by atoms with van der Waals surface area (Å²) in [5.74, 6) is -2.32. The summed E-state index contributed by atoms with van der Waals surface area (Å²) in [7, 11) is 1.27. The van der Waals surface area contributed by atoms with E-state index in [4.69, 9.17) is 34.8 Å². The minimum atomic E-state index is -0.715. The number of esters is 1. The Labute approximate surface area is 220 Å². The Hall–Kier alpha value is -3.85. The fourth-order valence-electron chi connectivity index (χ4n) is 3.36. The zero-order valence-electron chi connectivity index (χ0n) is 18.5. The average Bonchev–Trinajstić information content (AvgIpc) is 3.08. The van der Waals surface area contributed by atoms with Gasteiger partial charge in [0, 0.05) is 16.9 Å². The third-order valence-corrected chi connectivity index (χ3v) is 6.24. The summed E-state index contributed by atoms with van der Waals surface area (Å²) >= 11 is 18.1. The SMILES string of the molecule is COC(=O)c1cccc(NC(=O)c2ccc(NC3=C(Cl)C(=O)N(c4ccc(Cl)c(Cl)c4)C3=O)cc2)c1. The molecular formula is C25H16Cl3N3O5. The maximum absolute atomic E-state index is 12.9. The fourth-order valence-corrected chi connectivity index (χ4v) is 3.87. The maximum atomic E-state index is 12.9. The molecule has 1 heterocycles. The second-order valence-electron chi connectivity index (χ2n) is 7.46. The molecule has 0 unspecified atom stereocenters. The van der Waals surface area contributed by atoms with Crippen LogP contribution < -0.4 is 15.5 Å². The molecule has 0 aromatic heterocycles. The molecule has 0 saturated carbocycles. The molecule has 0 saturated heterocycles. The topological polar surface area (TPSA) is 105 Å². The van der Waals surface area contributed by atoms with E-state index in [1.54, 1.807) is 30.3 Å². The van der Waals surface area contributed by atoms with E-state index in [-0.39, 0.29) is 26.5 Å². The molecule has 36 heavy (non-hydrogen) atoms. The number of nitrogens with one attached hydrogen (secondary N) is 2. The number of anilines is 3. The molecule has 0 atom stereocenters. The summed E-state index contributed by atoms with van der Waals surface area (Å²) in [6.07, 6.45) is 0. The van der Waals surface area contributed by atoms with E-state index in [9.17, 15) is 19.2 Å². The van der Waals surface area contributed by atoms with Crippen LogP contribution in [0.4, 0.5) is 17.1 Å². The normalized spacial score (nSPS) is 13.2. The molecule has 1 aliphatic rings. The van der Waals surface area contributed by atoms with Gasteiger partial charge in [-0.3, -0.25) is 14.4 Å². The highest BCUT2D eigenvalue weighted by atomic mass is 35.5. The smallest absolute Gasteiger partial charge is 0.337 e. The Bertz CT molecular complexity index is 1440. The first kappa shape index (κ1) is 25.2. The van der Waals surface area contributed by atoms with Crippen molar-refractivity contribution in [2.24, 2.45) is 0 Å². The first-order valence-corrected chi connectivity index (χ1v) is 11.4. The molecule has 3 amide bonds. The molecule has 8 nitrogen and oxygen atoms in total. The fraction of sp³-hybridized carbons (Fsp3) is 0.0400. The summed E-state index contributed by atoms with van der Waals surface area (Å²) < 4.78 is 4.68. The maximum Gasteiger partial charge on any atom is 0.337 e. The van der Waals surface area contributed by atoms with Crippen molar-refractivity contribution in [2.45, 2.75) is 0 Å². The molecule has 0 aliphatic carbocycles. The standard InChI is InChI=1S/C25H16Cl3N3O5/c1-36-25(35)14-3-2-4-16(11-14)30-22(32)13-5-7-15(8-6-13)29-21-20(28)23(33)31(24(21)34)17-9-10-18(26)19(27)12-17/h2-12,29H,1H3,(H,30,32). The third-order valence-electron chi connectivity index (χ3n) is 5.15. The lowest BCUT2D eigenvalue weighted by molar-refractivity contribution is -0.120. The predicted octanol–water partition coefficient (Wildman–Crippen LogP) is 5.47. The van der Waals surface area contributed by atoms with E-state index in [0.717, 1.165) is 4.90 Å². The number of amides is 3. The van der Waals surface area contributed by atoms with E-state index in [1.165, 1.54) is 43.5 Å². The van der Waals surface area contributed by atoms with Crippen LogP contribution >= 0.6 is 34.8 Å². The summed E-state index contributed by atoms with van der Waals surface area (Å²) in [4.78, 5) is 50.7. The van der Waals surface area contributed by atoms with Gasteiger partial charge < -0.3 is 15.4 Å². The Kier molecular flexibility index (Phi) is 7.30. The van der Waals surface area contributed by atoms with Crippen molar-refractivity contribution in [1.29, 1.82) is 0 Å². The number of benzene rings is 3. The molecule has 0 bridgehead atoms. The van der Waals surface area contributed by atoms with Crippen LogP contribution in [0.5, 0.6) is 0 Å². The zero-order chi connectivity index (χ0) is 26.0. The Balaban J connectivity index is 1.47. The number of carbonyl (C=O) groups is 4. The van der Waals surface area contributed by atoms with Crippen LogP contribution in [0.2, 0.25) is 10.0 Å². The van der Waals surface area contributed by atoms with Crippen molar-refractivity contribution in [3.8, 4) is 0 Å². The van der Waals surface area contributed by atoms with Gasteiger partial charge in [-0.05, 0) is 60.7 Å². The number of hydrogen-bond donors (Lipinski definition) is 2. The number of nitrogens with zero attached hydrogens (tertiary/aromatic N) is 1. The van der Waals surface area contributed by atoms with Crippen molar-refractivity contribution in [1.82, 2.24) is 0 Å². The minimum absolute atomic E-state index is 0.121. The van der Waals surface area contributed by atoms with Crippen LogP contribution in [-0.4, -0.2) is 30.8 Å². The third kappa shape index (κ3) is 5.06. The monoisotopic (exact) mass is 543 g/mol. The zero-order valence-corrected chi connectivity index (χ0v) is 20.7. The highest BCUT2D eigenvalue weighted by molar-refractivity contribution is 6.53. The van der Waals surface area contributed by atoms with Gasteiger partial charge in [-0.25, -0.2) is 9.69 Å². The van der Waals surface area contributed by atoms with Crippen molar-refractivity contribution in [3.63, 3.8) is 0 Å². The number of imide groups is 1. The number of rotatable bonds is 6. The van der Waals surface area contributed by atoms with Gasteiger partial charge in [0.1, 0.15) is 10.7 Å². The van der Waals surface area contributed by atoms with Crippen LogP contribution in [0.1, 0.15) is 20.7 Å². The summed E-state index contributed by atoms with van der Waals surface area (Å²) in [6.45, 7) is 0. The van der Waals surface area contributed by atoms with Gasteiger partial charge in [0.2, 0.25) is 0 Å². The van der Waals surface area contributed by atoms with Crippen LogP contribution in [-0.2, 0) is 14.3 Å². The molecule has 1 aliphatic heterocycles. The number of methoxy groups -OCH3 is 1. The van der Waals surface area contributed by atoms with E-state index in [1.807, 2.05) is 0 Å². The largest absolute Gasteiger partial charge is 0.465 e. The first-order chi connectivity index (χ1) is 17.2. The van der Waals surface area contributed by atoms with E-state index in [0.29, 0.717) is 22.5 Å². The molecule has 182 valence electrons. The van der Waals surface area contributed by atoms with Crippen molar-refractivity contribution >= 4 is 75.6 Å². The average molecular weight is 545 g/mol. The van der Waals surface area contributed by atoms with Crippen molar-refractivity contribution < 1.29 is 23.9 Å². The molecule has 11 heteroatoms. The molecule has 0 fully saturated rings. The molecule has 3 aromatic carbocycles. The second-order valence-corrected chi connectivity index (χ2v) is 8.65. The molecular weight excluding hydrogens is 529 g/mol. The van der Waals surface area contributed by atoms with Gasteiger partial charge in [-0.1, -0.05) is 40.9 Å². The number of hydrogen-bond acceptors (Lipinski definition) is 6. The van der Waals surface area contributed by atoms with Gasteiger partial charge in [0.15, 0.2) is 0 Å². The van der Waals surface area contributed by atoms with Gasteiger partial charge in [-0.2, -0.15) is 0 Å². The Morgan fingerprint density at radius 2 is 1.53 bits per heavy atom. The van der Waals surface area contributed by atoms with Gasteiger partial charge in [0.25, 0.3) is 17.7 Å². The summed E-state index contributed by atoms with van der Waals surface area (Å²) in [5, 5.41) is 5.69. The van der Waals surface area contributed by atoms with Crippen LogP contribution in [0.15, 0.2) is 77.5 Å². The van der Waals surface area contributed by atoms with Gasteiger partial charge in [-0.15, -0.1) is 0 Å². The van der Waals surface area contributed by atoms with Gasteiger partial charge >= 0.3 is 5.97 Å². The number of ether oxygens (including phenoxy) is 1. The quantitative estimate of drug-likeness (QED) is 0.315. The molecule has 4 rings (SSSR count). The van der Waals surface area contributed by atoms with Crippen LogP contribution in [0.25, 0.3) is 0 Å². The predicted molar refractivity (Wildman–Crippen MR) is 138 cm³/mol. The first-order valence-electron chi connectivity index (χ1n) is 10.3. The molecule has 3 aromatic rings. The molecule has 2 N–H and O–H groups in total. The molecule has 0 spiro atoms. The number of carbonyl (C=O) groups excluding carboxylic acids is 4.